The molecule has 1 aromatic carbocycles. The molecule has 86 valence electrons. The van der Waals surface area contributed by atoms with E-state index in [1.165, 1.54) is 12.1 Å². The summed E-state index contributed by atoms with van der Waals surface area (Å²) in [5, 5.41) is 0. The number of hydrogen-bond donors (Lipinski definition) is 1. The van der Waals surface area contributed by atoms with Crippen LogP contribution in [0.3, 0.4) is 0 Å². The topological polar surface area (TPSA) is 26.0 Å². The van der Waals surface area contributed by atoms with Gasteiger partial charge in [0.2, 0.25) is 0 Å². The molecule has 2 N–H and O–H groups in total. The van der Waals surface area contributed by atoms with Crippen molar-refractivity contribution >= 4 is 22.8 Å². The molecular weight excluding hydrogens is 235 g/mol. The lowest BCUT2D eigenvalue weighted by Crippen LogP contribution is -2.10. The van der Waals surface area contributed by atoms with Gasteiger partial charge < -0.3 is 5.73 Å². The highest BCUT2D eigenvalue weighted by Crippen LogP contribution is 2.30. The van der Waals surface area contributed by atoms with Crippen molar-refractivity contribution in [2.45, 2.75) is 13.1 Å². The largest absolute Gasteiger partial charge is 0.416 e. The molecule has 0 amide bonds. The van der Waals surface area contributed by atoms with Crippen molar-refractivity contribution < 1.29 is 13.2 Å². The lowest BCUT2D eigenvalue weighted by atomic mass is 10.0. The number of benzene rings is 1. The Kier molecular flexibility index (Phi) is 3.70. The standard InChI is InChI=1S/C11H10F3NS/c1-2-9(10(15)16)7-3-5-8(6-4-7)11(12,13)14/h2-6H,1H3,(H2,15,16). The van der Waals surface area contributed by atoms with Crippen LogP contribution in [0.5, 0.6) is 0 Å². The highest BCUT2D eigenvalue weighted by Gasteiger charge is 2.30. The first-order valence-corrected chi connectivity index (χ1v) is 4.91. The molecule has 0 fully saturated rings. The molecule has 0 spiro atoms. The molecule has 0 unspecified atom stereocenters. The zero-order valence-electron chi connectivity index (χ0n) is 8.51. The predicted molar refractivity (Wildman–Crippen MR) is 61.9 cm³/mol. The number of hydrogen-bond acceptors (Lipinski definition) is 1. The van der Waals surface area contributed by atoms with E-state index in [2.05, 4.69) is 0 Å². The minimum atomic E-state index is -4.32. The van der Waals surface area contributed by atoms with Gasteiger partial charge in [-0.05, 0) is 24.6 Å². The predicted octanol–water partition coefficient (Wildman–Crippen LogP) is 3.39. The first kappa shape index (κ1) is 12.7. The molecule has 16 heavy (non-hydrogen) atoms. The Morgan fingerprint density at radius 1 is 1.25 bits per heavy atom. The Morgan fingerprint density at radius 3 is 2.06 bits per heavy atom. The van der Waals surface area contributed by atoms with Gasteiger partial charge in [0.1, 0.15) is 4.99 Å². The Hall–Kier alpha value is -1.36. The van der Waals surface area contributed by atoms with Crippen LogP contribution in [0, 0.1) is 0 Å². The summed E-state index contributed by atoms with van der Waals surface area (Å²) in [7, 11) is 0. The summed E-state index contributed by atoms with van der Waals surface area (Å²) in [5.74, 6) is 0. The lowest BCUT2D eigenvalue weighted by molar-refractivity contribution is -0.137. The van der Waals surface area contributed by atoms with E-state index >= 15 is 0 Å². The van der Waals surface area contributed by atoms with E-state index < -0.39 is 11.7 Å². The molecule has 1 nitrogen and oxygen atoms in total. The summed E-state index contributed by atoms with van der Waals surface area (Å²) in [6.07, 6.45) is -2.65. The molecule has 0 aliphatic rings. The zero-order valence-corrected chi connectivity index (χ0v) is 9.32. The van der Waals surface area contributed by atoms with Crippen LogP contribution in [-0.4, -0.2) is 4.99 Å². The Morgan fingerprint density at radius 2 is 1.75 bits per heavy atom. The second kappa shape index (κ2) is 4.65. The molecule has 0 atom stereocenters. The Labute approximate surface area is 96.8 Å². The maximum atomic E-state index is 12.3. The van der Waals surface area contributed by atoms with Crippen molar-refractivity contribution in [3.63, 3.8) is 0 Å². The van der Waals surface area contributed by atoms with E-state index in [0.29, 0.717) is 11.1 Å². The number of halogens is 3. The molecule has 0 aromatic heterocycles. The fourth-order valence-electron chi connectivity index (χ4n) is 1.29. The SMILES string of the molecule is CC=C(C(N)=S)c1ccc(C(F)(F)F)cc1. The van der Waals surface area contributed by atoms with Gasteiger partial charge in [-0.3, -0.25) is 0 Å². The van der Waals surface area contributed by atoms with Gasteiger partial charge in [0.15, 0.2) is 0 Å². The van der Waals surface area contributed by atoms with Crippen LogP contribution in [0.2, 0.25) is 0 Å². The van der Waals surface area contributed by atoms with Crippen LogP contribution < -0.4 is 5.73 Å². The third kappa shape index (κ3) is 2.82. The average molecular weight is 245 g/mol. The Balaban J connectivity index is 3.09. The number of nitrogens with two attached hydrogens (primary N) is 1. The molecule has 0 bridgehead atoms. The molecule has 0 heterocycles. The second-order valence-electron chi connectivity index (χ2n) is 3.14. The maximum Gasteiger partial charge on any atom is 0.416 e. The van der Waals surface area contributed by atoms with E-state index in [-0.39, 0.29) is 4.99 Å². The molecule has 0 aliphatic carbocycles. The van der Waals surface area contributed by atoms with Crippen molar-refractivity contribution in [1.82, 2.24) is 0 Å². The van der Waals surface area contributed by atoms with E-state index in [9.17, 15) is 13.2 Å². The molecule has 0 aliphatic heterocycles. The Bertz CT molecular complexity index is 418. The van der Waals surface area contributed by atoms with E-state index in [1.54, 1.807) is 13.0 Å². The van der Waals surface area contributed by atoms with Gasteiger partial charge in [-0.2, -0.15) is 13.2 Å². The molecule has 0 radical (unpaired) electrons. The number of rotatable bonds is 2. The first-order valence-electron chi connectivity index (χ1n) is 4.50. The summed E-state index contributed by atoms with van der Waals surface area (Å²) in [6, 6.07) is 4.74. The van der Waals surface area contributed by atoms with Crippen LogP contribution in [-0.2, 0) is 6.18 Å². The smallest absolute Gasteiger partial charge is 0.389 e. The van der Waals surface area contributed by atoms with Crippen molar-refractivity contribution in [2.24, 2.45) is 5.73 Å². The van der Waals surface area contributed by atoms with Crippen LogP contribution in [0.4, 0.5) is 13.2 Å². The van der Waals surface area contributed by atoms with Gasteiger partial charge in [0, 0.05) is 5.57 Å². The molecular formula is C11H10F3NS. The molecule has 0 saturated carbocycles. The highest BCUT2D eigenvalue weighted by molar-refractivity contribution is 7.81. The summed E-state index contributed by atoms with van der Waals surface area (Å²) in [5.41, 5.74) is 5.92. The molecule has 1 rings (SSSR count). The summed E-state index contributed by atoms with van der Waals surface area (Å²) in [6.45, 7) is 1.73. The molecule has 0 saturated heterocycles. The minimum Gasteiger partial charge on any atom is -0.389 e. The minimum absolute atomic E-state index is 0.169. The maximum absolute atomic E-state index is 12.3. The van der Waals surface area contributed by atoms with Crippen LogP contribution in [0.1, 0.15) is 18.1 Å². The third-order valence-corrected chi connectivity index (χ3v) is 2.30. The number of thiocarbonyl (C=S) groups is 1. The van der Waals surface area contributed by atoms with Crippen molar-refractivity contribution in [3.8, 4) is 0 Å². The van der Waals surface area contributed by atoms with Crippen molar-refractivity contribution in [1.29, 1.82) is 0 Å². The lowest BCUT2D eigenvalue weighted by Gasteiger charge is -2.09. The van der Waals surface area contributed by atoms with Gasteiger partial charge in [-0.25, -0.2) is 0 Å². The number of alkyl halides is 3. The van der Waals surface area contributed by atoms with Gasteiger partial charge in [0.05, 0.1) is 5.56 Å². The molecule has 1 aromatic rings. The normalized spacial score (nSPS) is 12.6. The summed E-state index contributed by atoms with van der Waals surface area (Å²) in [4.78, 5) is 0.169. The fourth-order valence-corrected chi connectivity index (χ4v) is 1.53. The van der Waals surface area contributed by atoms with E-state index in [4.69, 9.17) is 18.0 Å². The van der Waals surface area contributed by atoms with Crippen LogP contribution >= 0.6 is 12.2 Å². The average Bonchev–Trinajstić information content (AvgIpc) is 2.17. The second-order valence-corrected chi connectivity index (χ2v) is 3.58. The van der Waals surface area contributed by atoms with E-state index in [0.717, 1.165) is 12.1 Å². The van der Waals surface area contributed by atoms with Gasteiger partial charge >= 0.3 is 6.18 Å². The fraction of sp³-hybridized carbons (Fsp3) is 0.182. The number of allylic oxidation sites excluding steroid dienone is 1. The van der Waals surface area contributed by atoms with Crippen molar-refractivity contribution in [3.05, 3.63) is 41.5 Å². The van der Waals surface area contributed by atoms with Gasteiger partial charge in [0.25, 0.3) is 0 Å². The first-order chi connectivity index (χ1) is 7.36. The quantitative estimate of drug-likeness (QED) is 0.638. The van der Waals surface area contributed by atoms with Crippen molar-refractivity contribution in [2.75, 3.05) is 0 Å². The van der Waals surface area contributed by atoms with Crippen LogP contribution in [0.25, 0.3) is 5.57 Å². The van der Waals surface area contributed by atoms with Gasteiger partial charge in [-0.15, -0.1) is 0 Å². The summed E-state index contributed by atoms with van der Waals surface area (Å²) >= 11 is 4.79. The summed E-state index contributed by atoms with van der Waals surface area (Å²) < 4.78 is 36.9. The van der Waals surface area contributed by atoms with Gasteiger partial charge in [-0.1, -0.05) is 30.4 Å². The molecule has 5 heteroatoms. The zero-order chi connectivity index (χ0) is 12.3. The highest BCUT2D eigenvalue weighted by atomic mass is 32.1. The third-order valence-electron chi connectivity index (χ3n) is 2.08. The van der Waals surface area contributed by atoms with Crippen LogP contribution in [0.15, 0.2) is 30.3 Å². The monoisotopic (exact) mass is 245 g/mol. The van der Waals surface area contributed by atoms with E-state index in [1.807, 2.05) is 0 Å².